The van der Waals surface area contributed by atoms with Crippen LogP contribution in [0.15, 0.2) is 0 Å². The summed E-state index contributed by atoms with van der Waals surface area (Å²) in [5.74, 6) is 0.212. The first-order valence-electron chi connectivity index (χ1n) is 6.50. The van der Waals surface area contributed by atoms with Crippen LogP contribution in [0.25, 0.3) is 0 Å². The predicted molar refractivity (Wildman–Crippen MR) is 70.9 cm³/mol. The molecule has 1 rings (SSSR count). The number of hydrogen-bond donors (Lipinski definition) is 1. The standard InChI is InChI=1S/C12H25NO4S/c1-4-17-10-12(2,14)8-11-6-5-7-13(9-11)18(3,15)16/h11,14H,4-10H2,1-3H3. The summed E-state index contributed by atoms with van der Waals surface area (Å²) in [6.45, 7) is 5.64. The molecule has 5 nitrogen and oxygen atoms in total. The third-order valence-electron chi connectivity index (χ3n) is 3.30. The van der Waals surface area contributed by atoms with Crippen molar-refractivity contribution in [3.63, 3.8) is 0 Å². The van der Waals surface area contributed by atoms with Gasteiger partial charge in [-0.25, -0.2) is 12.7 Å². The van der Waals surface area contributed by atoms with Crippen molar-refractivity contribution in [3.8, 4) is 0 Å². The van der Waals surface area contributed by atoms with E-state index >= 15 is 0 Å². The van der Waals surface area contributed by atoms with E-state index in [1.54, 1.807) is 6.92 Å². The van der Waals surface area contributed by atoms with E-state index in [1.165, 1.54) is 10.6 Å². The molecule has 2 unspecified atom stereocenters. The summed E-state index contributed by atoms with van der Waals surface area (Å²) in [5, 5.41) is 10.2. The Bertz CT molecular complexity index is 353. The molecule has 0 saturated carbocycles. The number of piperidine rings is 1. The Labute approximate surface area is 110 Å². The number of sulfonamides is 1. The fraction of sp³-hybridized carbons (Fsp3) is 1.00. The molecule has 1 N–H and O–H groups in total. The Hall–Kier alpha value is -0.170. The van der Waals surface area contributed by atoms with E-state index in [0.29, 0.717) is 32.7 Å². The lowest BCUT2D eigenvalue weighted by atomic mass is 9.87. The molecule has 0 bridgehead atoms. The first kappa shape index (κ1) is 15.9. The molecule has 108 valence electrons. The molecule has 0 aromatic heterocycles. The van der Waals surface area contributed by atoms with Gasteiger partial charge in [-0.05, 0) is 39.0 Å². The van der Waals surface area contributed by atoms with E-state index in [-0.39, 0.29) is 5.92 Å². The van der Waals surface area contributed by atoms with Gasteiger partial charge in [0, 0.05) is 19.7 Å². The first-order chi connectivity index (χ1) is 8.24. The number of hydrogen-bond acceptors (Lipinski definition) is 4. The highest BCUT2D eigenvalue weighted by molar-refractivity contribution is 7.88. The smallest absolute Gasteiger partial charge is 0.211 e. The highest BCUT2D eigenvalue weighted by atomic mass is 32.2. The molecule has 0 radical (unpaired) electrons. The number of nitrogens with zero attached hydrogens (tertiary/aromatic N) is 1. The molecule has 1 saturated heterocycles. The minimum Gasteiger partial charge on any atom is -0.388 e. The van der Waals surface area contributed by atoms with Crippen LogP contribution in [-0.4, -0.2) is 56.0 Å². The zero-order valence-corrected chi connectivity index (χ0v) is 12.4. The molecular formula is C12H25NO4S. The maximum Gasteiger partial charge on any atom is 0.211 e. The van der Waals surface area contributed by atoms with E-state index in [1.807, 2.05) is 6.92 Å². The second kappa shape index (κ2) is 6.32. The lowest BCUT2D eigenvalue weighted by Gasteiger charge is -2.35. The molecule has 0 aliphatic carbocycles. The van der Waals surface area contributed by atoms with Crippen LogP contribution in [0.5, 0.6) is 0 Å². The normalized spacial score (nSPS) is 25.9. The lowest BCUT2D eigenvalue weighted by molar-refractivity contribution is -0.0488. The molecule has 2 atom stereocenters. The van der Waals surface area contributed by atoms with Gasteiger partial charge >= 0.3 is 0 Å². The fourth-order valence-corrected chi connectivity index (χ4v) is 3.44. The third-order valence-corrected chi connectivity index (χ3v) is 4.57. The summed E-state index contributed by atoms with van der Waals surface area (Å²) in [4.78, 5) is 0. The van der Waals surface area contributed by atoms with Gasteiger partial charge in [0.05, 0.1) is 18.5 Å². The van der Waals surface area contributed by atoms with Gasteiger partial charge in [0.25, 0.3) is 0 Å². The van der Waals surface area contributed by atoms with Crippen molar-refractivity contribution in [3.05, 3.63) is 0 Å². The quantitative estimate of drug-likeness (QED) is 0.782. The molecular weight excluding hydrogens is 254 g/mol. The average molecular weight is 279 g/mol. The largest absolute Gasteiger partial charge is 0.388 e. The summed E-state index contributed by atoms with van der Waals surface area (Å²) in [5.41, 5.74) is -0.874. The maximum absolute atomic E-state index is 11.5. The van der Waals surface area contributed by atoms with E-state index in [9.17, 15) is 13.5 Å². The zero-order valence-electron chi connectivity index (χ0n) is 11.6. The van der Waals surface area contributed by atoms with E-state index in [4.69, 9.17) is 4.74 Å². The number of aliphatic hydroxyl groups is 1. The van der Waals surface area contributed by atoms with E-state index in [2.05, 4.69) is 0 Å². The van der Waals surface area contributed by atoms with Crippen molar-refractivity contribution < 1.29 is 18.3 Å². The summed E-state index contributed by atoms with van der Waals surface area (Å²) < 4.78 is 29.8. The monoisotopic (exact) mass is 279 g/mol. The van der Waals surface area contributed by atoms with Crippen LogP contribution < -0.4 is 0 Å². The van der Waals surface area contributed by atoms with Crippen LogP contribution in [0.1, 0.15) is 33.1 Å². The molecule has 1 aliphatic heterocycles. The van der Waals surface area contributed by atoms with Gasteiger partial charge in [0.1, 0.15) is 0 Å². The summed E-state index contributed by atoms with van der Waals surface area (Å²) in [6.07, 6.45) is 3.66. The molecule has 1 heterocycles. The van der Waals surface area contributed by atoms with Crippen LogP contribution in [0.4, 0.5) is 0 Å². The molecule has 18 heavy (non-hydrogen) atoms. The van der Waals surface area contributed by atoms with Crippen LogP contribution in [0, 0.1) is 5.92 Å². The number of rotatable bonds is 6. The van der Waals surface area contributed by atoms with Crippen molar-refractivity contribution in [1.82, 2.24) is 4.31 Å². The zero-order chi connectivity index (χ0) is 13.8. The van der Waals surface area contributed by atoms with Gasteiger partial charge in [0.2, 0.25) is 10.0 Å². The van der Waals surface area contributed by atoms with Crippen LogP contribution >= 0.6 is 0 Å². The van der Waals surface area contributed by atoms with Crippen molar-refractivity contribution in [2.45, 2.75) is 38.7 Å². The minimum absolute atomic E-state index is 0.212. The Kier molecular flexibility index (Phi) is 5.58. The van der Waals surface area contributed by atoms with Gasteiger partial charge in [-0.3, -0.25) is 0 Å². The van der Waals surface area contributed by atoms with E-state index < -0.39 is 15.6 Å². The Balaban J connectivity index is 2.52. The predicted octanol–water partition coefficient (Wildman–Crippen LogP) is 0.836. The van der Waals surface area contributed by atoms with Crippen molar-refractivity contribution in [1.29, 1.82) is 0 Å². The third kappa shape index (κ3) is 5.22. The van der Waals surface area contributed by atoms with Gasteiger partial charge in [-0.15, -0.1) is 0 Å². The van der Waals surface area contributed by atoms with E-state index in [0.717, 1.165) is 12.8 Å². The molecule has 6 heteroatoms. The SMILES string of the molecule is CCOCC(C)(O)CC1CCCN(S(C)(=O)=O)C1. The maximum atomic E-state index is 11.5. The highest BCUT2D eigenvalue weighted by Crippen LogP contribution is 2.26. The minimum atomic E-state index is -3.11. The summed E-state index contributed by atoms with van der Waals surface area (Å²) >= 11 is 0. The highest BCUT2D eigenvalue weighted by Gasteiger charge is 2.31. The molecule has 0 aromatic rings. The summed E-state index contributed by atoms with van der Waals surface area (Å²) in [7, 11) is -3.11. The van der Waals surface area contributed by atoms with Gasteiger partial charge in [-0.1, -0.05) is 0 Å². The molecule has 0 aromatic carbocycles. The van der Waals surface area contributed by atoms with Gasteiger partial charge in [0.15, 0.2) is 0 Å². The van der Waals surface area contributed by atoms with Crippen LogP contribution in [0.3, 0.4) is 0 Å². The summed E-state index contributed by atoms with van der Waals surface area (Å²) in [6, 6.07) is 0. The van der Waals surface area contributed by atoms with Crippen LogP contribution in [-0.2, 0) is 14.8 Å². The second-order valence-electron chi connectivity index (χ2n) is 5.47. The van der Waals surface area contributed by atoms with Crippen molar-refractivity contribution >= 4 is 10.0 Å². The molecule has 0 spiro atoms. The van der Waals surface area contributed by atoms with Crippen LogP contribution in [0.2, 0.25) is 0 Å². The number of ether oxygens (including phenoxy) is 1. The average Bonchev–Trinajstić information content (AvgIpc) is 2.25. The first-order valence-corrected chi connectivity index (χ1v) is 8.34. The topological polar surface area (TPSA) is 66.8 Å². The lowest BCUT2D eigenvalue weighted by Crippen LogP contribution is -2.43. The Morgan fingerprint density at radius 1 is 1.50 bits per heavy atom. The molecule has 1 aliphatic rings. The second-order valence-corrected chi connectivity index (χ2v) is 7.45. The molecule has 0 amide bonds. The Morgan fingerprint density at radius 2 is 2.17 bits per heavy atom. The van der Waals surface area contributed by atoms with Gasteiger partial charge in [-0.2, -0.15) is 0 Å². The van der Waals surface area contributed by atoms with Gasteiger partial charge < -0.3 is 9.84 Å². The fourth-order valence-electron chi connectivity index (χ4n) is 2.50. The molecule has 1 fully saturated rings. The Morgan fingerprint density at radius 3 is 2.72 bits per heavy atom. The van der Waals surface area contributed by atoms with Crippen molar-refractivity contribution in [2.24, 2.45) is 5.92 Å². The van der Waals surface area contributed by atoms with Crippen molar-refractivity contribution in [2.75, 3.05) is 32.6 Å².